The van der Waals surface area contributed by atoms with Crippen LogP contribution < -0.4 is 0 Å². The van der Waals surface area contributed by atoms with Crippen molar-refractivity contribution >= 4 is 5.57 Å². The standard InChI is InChI=1S/C23H28O/c1-3-5-8-18(4-2)21-9-6-7-10-22(21)23(24)19-12-16-11-17(14-19)15-20(23)13-16/h3-10,16-17,19-20,24H,1,11-15H2,2H3/b8-5-,18-4+. The van der Waals surface area contributed by atoms with Gasteiger partial charge in [0.2, 0.25) is 0 Å². The van der Waals surface area contributed by atoms with Gasteiger partial charge in [-0.15, -0.1) is 0 Å². The van der Waals surface area contributed by atoms with E-state index < -0.39 is 5.60 Å². The van der Waals surface area contributed by atoms with Crippen molar-refractivity contribution in [1.29, 1.82) is 0 Å². The van der Waals surface area contributed by atoms with Gasteiger partial charge in [0.25, 0.3) is 0 Å². The monoisotopic (exact) mass is 320 g/mol. The Morgan fingerprint density at radius 3 is 2.29 bits per heavy atom. The predicted octanol–water partition coefficient (Wildman–Crippen LogP) is 5.48. The zero-order valence-corrected chi connectivity index (χ0v) is 14.6. The predicted molar refractivity (Wildman–Crippen MR) is 100 cm³/mol. The van der Waals surface area contributed by atoms with Gasteiger partial charge in [-0.25, -0.2) is 0 Å². The highest BCUT2D eigenvalue weighted by atomic mass is 16.3. The van der Waals surface area contributed by atoms with Crippen LogP contribution in [0.4, 0.5) is 0 Å². The first-order chi connectivity index (χ1) is 11.7. The molecule has 0 radical (unpaired) electrons. The molecule has 0 unspecified atom stereocenters. The summed E-state index contributed by atoms with van der Waals surface area (Å²) in [6, 6.07) is 8.51. The topological polar surface area (TPSA) is 20.2 Å². The lowest BCUT2D eigenvalue weighted by atomic mass is 9.48. The molecule has 0 aromatic heterocycles. The van der Waals surface area contributed by atoms with Gasteiger partial charge in [0.05, 0.1) is 5.60 Å². The highest BCUT2D eigenvalue weighted by molar-refractivity contribution is 5.76. The summed E-state index contributed by atoms with van der Waals surface area (Å²) in [6.45, 7) is 5.85. The van der Waals surface area contributed by atoms with Crippen molar-refractivity contribution in [1.82, 2.24) is 0 Å². The molecule has 0 spiro atoms. The number of allylic oxidation sites excluding steroid dienone is 5. The quantitative estimate of drug-likeness (QED) is 0.729. The molecule has 4 aliphatic rings. The Balaban J connectivity index is 1.80. The van der Waals surface area contributed by atoms with Crippen LogP contribution in [-0.2, 0) is 5.60 Å². The van der Waals surface area contributed by atoms with Crippen molar-refractivity contribution in [2.45, 2.75) is 44.6 Å². The Labute approximate surface area is 145 Å². The van der Waals surface area contributed by atoms with Gasteiger partial charge in [-0.05, 0) is 79.4 Å². The van der Waals surface area contributed by atoms with Gasteiger partial charge in [0.15, 0.2) is 0 Å². The van der Waals surface area contributed by atoms with E-state index in [-0.39, 0.29) is 0 Å². The van der Waals surface area contributed by atoms with E-state index in [2.05, 4.69) is 49.9 Å². The first-order valence-corrected chi connectivity index (χ1v) is 9.44. The molecule has 0 atom stereocenters. The molecule has 5 rings (SSSR count). The third kappa shape index (κ3) is 2.33. The van der Waals surface area contributed by atoms with E-state index in [1.54, 1.807) is 0 Å². The first-order valence-electron chi connectivity index (χ1n) is 9.44. The van der Waals surface area contributed by atoms with E-state index >= 15 is 0 Å². The highest BCUT2D eigenvalue weighted by Crippen LogP contribution is 2.62. The molecule has 4 fully saturated rings. The summed E-state index contributed by atoms with van der Waals surface area (Å²) in [4.78, 5) is 0. The van der Waals surface area contributed by atoms with Crippen molar-refractivity contribution in [3.8, 4) is 0 Å². The van der Waals surface area contributed by atoms with Crippen LogP contribution in [-0.4, -0.2) is 5.11 Å². The average Bonchev–Trinajstić information content (AvgIpc) is 2.60. The van der Waals surface area contributed by atoms with E-state index in [1.807, 2.05) is 12.2 Å². The summed E-state index contributed by atoms with van der Waals surface area (Å²) in [5.41, 5.74) is 2.88. The average molecular weight is 320 g/mol. The molecule has 0 heterocycles. The fourth-order valence-corrected chi connectivity index (χ4v) is 5.94. The fraction of sp³-hybridized carbons (Fsp3) is 0.478. The summed E-state index contributed by atoms with van der Waals surface area (Å²) in [5.74, 6) is 2.61. The summed E-state index contributed by atoms with van der Waals surface area (Å²) in [6.07, 6.45) is 14.3. The lowest BCUT2D eigenvalue weighted by Crippen LogP contribution is -2.55. The zero-order chi connectivity index (χ0) is 16.7. The molecule has 4 bridgehead atoms. The Morgan fingerprint density at radius 1 is 1.08 bits per heavy atom. The summed E-state index contributed by atoms with van der Waals surface area (Å²) < 4.78 is 0. The van der Waals surface area contributed by atoms with Crippen molar-refractivity contribution in [2.75, 3.05) is 0 Å². The third-order valence-electron chi connectivity index (χ3n) is 6.78. The van der Waals surface area contributed by atoms with Crippen LogP contribution in [0, 0.1) is 23.7 Å². The van der Waals surface area contributed by atoms with Crippen LogP contribution in [0.1, 0.15) is 50.2 Å². The van der Waals surface area contributed by atoms with Gasteiger partial charge in [0, 0.05) is 0 Å². The van der Waals surface area contributed by atoms with Gasteiger partial charge >= 0.3 is 0 Å². The largest absolute Gasteiger partial charge is 0.385 e. The highest BCUT2D eigenvalue weighted by Gasteiger charge is 2.57. The summed E-state index contributed by atoms with van der Waals surface area (Å²) in [7, 11) is 0. The lowest BCUT2D eigenvalue weighted by Gasteiger charge is -2.59. The van der Waals surface area contributed by atoms with Crippen LogP contribution in [0.5, 0.6) is 0 Å². The zero-order valence-electron chi connectivity index (χ0n) is 14.6. The number of aliphatic hydroxyl groups is 1. The maximum atomic E-state index is 11.9. The van der Waals surface area contributed by atoms with Crippen LogP contribution in [0.3, 0.4) is 0 Å². The van der Waals surface area contributed by atoms with Crippen molar-refractivity contribution < 1.29 is 5.11 Å². The molecule has 0 amide bonds. The van der Waals surface area contributed by atoms with E-state index in [0.29, 0.717) is 11.8 Å². The molecular weight excluding hydrogens is 292 g/mol. The number of rotatable bonds is 4. The molecular formula is C23H28O. The molecule has 1 nitrogen and oxygen atoms in total. The van der Waals surface area contributed by atoms with Gasteiger partial charge < -0.3 is 5.11 Å². The summed E-state index contributed by atoms with van der Waals surface area (Å²) >= 11 is 0. The van der Waals surface area contributed by atoms with E-state index in [4.69, 9.17) is 0 Å². The maximum Gasteiger partial charge on any atom is 0.0958 e. The second-order valence-corrected chi connectivity index (χ2v) is 8.01. The van der Waals surface area contributed by atoms with Crippen molar-refractivity contribution in [2.24, 2.45) is 23.7 Å². The normalized spacial score (nSPS) is 38.0. The molecule has 1 aromatic carbocycles. The molecule has 1 heteroatoms. The number of hydrogen-bond donors (Lipinski definition) is 1. The Morgan fingerprint density at radius 2 is 1.71 bits per heavy atom. The molecule has 1 N–H and O–H groups in total. The number of hydrogen-bond acceptors (Lipinski definition) is 1. The van der Waals surface area contributed by atoms with Crippen LogP contribution in [0.25, 0.3) is 5.57 Å². The summed E-state index contributed by atoms with van der Waals surface area (Å²) in [5, 5.41) is 11.9. The molecule has 0 aliphatic heterocycles. The van der Waals surface area contributed by atoms with Crippen LogP contribution >= 0.6 is 0 Å². The third-order valence-corrected chi connectivity index (χ3v) is 6.78. The van der Waals surface area contributed by atoms with Crippen molar-refractivity contribution in [3.05, 3.63) is 66.3 Å². The SMILES string of the molecule is C=C/C=C\C(=C/C)c1ccccc1C1(O)C2CC3CC(C2)CC1C3. The Bertz CT molecular complexity index is 666. The van der Waals surface area contributed by atoms with E-state index in [9.17, 15) is 5.11 Å². The number of benzene rings is 1. The fourth-order valence-electron chi connectivity index (χ4n) is 5.94. The minimum Gasteiger partial charge on any atom is -0.385 e. The lowest BCUT2D eigenvalue weighted by molar-refractivity contribution is -0.179. The van der Waals surface area contributed by atoms with E-state index in [0.717, 1.165) is 17.4 Å². The second kappa shape index (κ2) is 6.04. The van der Waals surface area contributed by atoms with Gasteiger partial charge in [-0.2, -0.15) is 0 Å². The van der Waals surface area contributed by atoms with Gasteiger partial charge in [0.1, 0.15) is 0 Å². The molecule has 1 aromatic rings. The van der Waals surface area contributed by atoms with Gasteiger partial charge in [-0.1, -0.05) is 55.1 Å². The van der Waals surface area contributed by atoms with Gasteiger partial charge in [-0.3, -0.25) is 0 Å². The molecule has 24 heavy (non-hydrogen) atoms. The smallest absolute Gasteiger partial charge is 0.0958 e. The maximum absolute atomic E-state index is 11.9. The molecule has 4 saturated carbocycles. The first kappa shape index (κ1) is 15.9. The molecule has 0 saturated heterocycles. The molecule has 126 valence electrons. The van der Waals surface area contributed by atoms with Crippen molar-refractivity contribution in [3.63, 3.8) is 0 Å². The molecule has 4 aliphatic carbocycles. The van der Waals surface area contributed by atoms with Crippen LogP contribution in [0.15, 0.2) is 55.1 Å². The minimum absolute atomic E-state index is 0.441. The minimum atomic E-state index is -0.639. The Hall–Kier alpha value is -1.60. The Kier molecular flexibility index (Phi) is 4.00. The van der Waals surface area contributed by atoms with E-state index in [1.165, 1.54) is 43.2 Å². The second-order valence-electron chi connectivity index (χ2n) is 8.01. The van der Waals surface area contributed by atoms with Crippen LogP contribution in [0.2, 0.25) is 0 Å².